The number of carbonyl (C=O) groups excluding carboxylic acids is 1. The molecule has 0 fully saturated rings. The highest BCUT2D eigenvalue weighted by molar-refractivity contribution is 5.95. The summed E-state index contributed by atoms with van der Waals surface area (Å²) < 4.78 is 1.65. The van der Waals surface area contributed by atoms with E-state index >= 15 is 0 Å². The van der Waals surface area contributed by atoms with Crippen LogP contribution in [-0.2, 0) is 9.78 Å². The maximum atomic E-state index is 11.9. The monoisotopic (exact) mass is 275 g/mol. The summed E-state index contributed by atoms with van der Waals surface area (Å²) in [5.74, 6) is -0.621. The Morgan fingerprint density at radius 1 is 1.35 bits per heavy atom. The number of nitrogens with zero attached hydrogens (tertiary/aromatic N) is 2. The van der Waals surface area contributed by atoms with Gasteiger partial charge in [0.2, 0.25) is 0 Å². The fourth-order valence-electron chi connectivity index (χ4n) is 1.51. The van der Waals surface area contributed by atoms with Gasteiger partial charge in [-0.2, -0.15) is 9.99 Å². The Morgan fingerprint density at radius 3 is 2.65 bits per heavy atom. The first-order valence-electron chi connectivity index (χ1n) is 6.16. The Hall–Kier alpha value is -2.34. The summed E-state index contributed by atoms with van der Waals surface area (Å²) in [6.45, 7) is 5.35. The van der Waals surface area contributed by atoms with Gasteiger partial charge in [0.1, 0.15) is 5.60 Å². The summed E-state index contributed by atoms with van der Waals surface area (Å²) in [6.07, 6.45) is 3.45. The Balaban J connectivity index is 2.16. The van der Waals surface area contributed by atoms with Crippen LogP contribution in [0.4, 0.5) is 5.69 Å². The van der Waals surface area contributed by atoms with Gasteiger partial charge < -0.3 is 5.73 Å². The van der Waals surface area contributed by atoms with E-state index in [0.29, 0.717) is 5.69 Å². The van der Waals surface area contributed by atoms with Crippen molar-refractivity contribution in [3.05, 3.63) is 42.2 Å². The highest BCUT2D eigenvalue weighted by Gasteiger charge is 2.18. The molecule has 0 aliphatic heterocycles. The predicted molar refractivity (Wildman–Crippen MR) is 74.2 cm³/mol. The first-order valence-corrected chi connectivity index (χ1v) is 6.16. The van der Waals surface area contributed by atoms with Crippen LogP contribution in [-0.4, -0.2) is 21.4 Å². The first kappa shape index (κ1) is 14.1. The molecule has 2 rings (SSSR count). The van der Waals surface area contributed by atoms with Gasteiger partial charge in [0, 0.05) is 18.1 Å². The number of anilines is 1. The molecule has 2 N–H and O–H groups in total. The molecule has 0 unspecified atom stereocenters. The third-order valence-corrected chi connectivity index (χ3v) is 2.39. The second-order valence-corrected chi connectivity index (χ2v) is 5.29. The van der Waals surface area contributed by atoms with Crippen molar-refractivity contribution in [2.24, 2.45) is 0 Å². The van der Waals surface area contributed by atoms with Crippen LogP contribution >= 0.6 is 0 Å². The predicted octanol–water partition coefficient (Wildman–Crippen LogP) is 2.34. The molecule has 0 atom stereocenters. The van der Waals surface area contributed by atoms with Crippen molar-refractivity contribution in [2.45, 2.75) is 26.4 Å². The van der Waals surface area contributed by atoms with E-state index in [0.717, 1.165) is 5.69 Å². The first-order chi connectivity index (χ1) is 9.37. The number of nitrogen functional groups attached to an aromatic ring is 1. The molecule has 6 nitrogen and oxygen atoms in total. The molecule has 0 aliphatic carbocycles. The van der Waals surface area contributed by atoms with Crippen molar-refractivity contribution < 1.29 is 14.6 Å². The lowest BCUT2D eigenvalue weighted by Gasteiger charge is -2.17. The molecule has 20 heavy (non-hydrogen) atoms. The van der Waals surface area contributed by atoms with Crippen molar-refractivity contribution in [3.8, 4) is 5.69 Å². The number of aromatic nitrogens is 2. The molecule has 0 bridgehead atoms. The van der Waals surface area contributed by atoms with Crippen LogP contribution in [0.25, 0.3) is 5.69 Å². The molecule has 0 spiro atoms. The van der Waals surface area contributed by atoms with E-state index in [2.05, 4.69) is 5.10 Å². The standard InChI is InChI=1S/C14H17N3O3/c1-14(2,3)20-19-13(18)11-6-5-10(9-12(11)15)17-8-4-7-16-17/h4-9H,15H2,1-3H3. The van der Waals surface area contributed by atoms with E-state index in [9.17, 15) is 4.79 Å². The van der Waals surface area contributed by atoms with Crippen LogP contribution in [0.1, 0.15) is 31.1 Å². The average Bonchev–Trinajstić information content (AvgIpc) is 2.88. The second kappa shape index (κ2) is 5.34. The summed E-state index contributed by atoms with van der Waals surface area (Å²) in [5.41, 5.74) is 6.63. The van der Waals surface area contributed by atoms with Crippen LogP contribution in [0.15, 0.2) is 36.7 Å². The van der Waals surface area contributed by atoms with Gasteiger partial charge >= 0.3 is 5.97 Å². The summed E-state index contributed by atoms with van der Waals surface area (Å²) >= 11 is 0. The zero-order chi connectivity index (χ0) is 14.8. The van der Waals surface area contributed by atoms with Crippen molar-refractivity contribution in [3.63, 3.8) is 0 Å². The van der Waals surface area contributed by atoms with E-state index < -0.39 is 11.6 Å². The van der Waals surface area contributed by atoms with Crippen LogP contribution in [0.3, 0.4) is 0 Å². The number of nitrogens with two attached hydrogens (primary N) is 1. The van der Waals surface area contributed by atoms with Gasteiger partial charge in [0.15, 0.2) is 0 Å². The molecular weight excluding hydrogens is 258 g/mol. The molecule has 1 aromatic carbocycles. The quantitative estimate of drug-likeness (QED) is 0.528. The minimum Gasteiger partial charge on any atom is -0.398 e. The van der Waals surface area contributed by atoms with Gasteiger partial charge in [0.05, 0.1) is 11.3 Å². The topological polar surface area (TPSA) is 79.4 Å². The Morgan fingerprint density at radius 2 is 2.10 bits per heavy atom. The molecular formula is C14H17N3O3. The molecule has 0 amide bonds. The van der Waals surface area contributed by atoms with Crippen LogP contribution in [0, 0.1) is 0 Å². The molecule has 0 aliphatic rings. The summed E-state index contributed by atoms with van der Waals surface area (Å²) in [6, 6.07) is 6.77. The zero-order valence-corrected chi connectivity index (χ0v) is 11.7. The average molecular weight is 275 g/mol. The van der Waals surface area contributed by atoms with E-state index in [-0.39, 0.29) is 5.56 Å². The minimum atomic E-state index is -0.621. The van der Waals surface area contributed by atoms with Gasteiger partial charge in [-0.05, 0) is 45.0 Å². The molecule has 0 saturated carbocycles. The summed E-state index contributed by atoms with van der Waals surface area (Å²) in [4.78, 5) is 21.6. The highest BCUT2D eigenvalue weighted by atomic mass is 17.2. The fourth-order valence-corrected chi connectivity index (χ4v) is 1.51. The lowest BCUT2D eigenvalue weighted by Crippen LogP contribution is -2.22. The second-order valence-electron chi connectivity index (χ2n) is 5.29. The molecule has 0 saturated heterocycles. The number of hydrogen-bond acceptors (Lipinski definition) is 5. The van der Waals surface area contributed by atoms with Crippen LogP contribution in [0.5, 0.6) is 0 Å². The number of rotatable bonds is 3. The van der Waals surface area contributed by atoms with Crippen molar-refractivity contribution in [1.29, 1.82) is 0 Å². The molecule has 106 valence electrons. The molecule has 1 heterocycles. The molecule has 2 aromatic rings. The van der Waals surface area contributed by atoms with E-state index in [1.165, 1.54) is 0 Å². The lowest BCUT2D eigenvalue weighted by molar-refractivity contribution is -0.301. The third-order valence-electron chi connectivity index (χ3n) is 2.39. The third kappa shape index (κ3) is 3.36. The summed E-state index contributed by atoms with van der Waals surface area (Å²) in [5, 5.41) is 4.09. The van der Waals surface area contributed by atoms with Gasteiger partial charge in [-0.15, -0.1) is 0 Å². The highest BCUT2D eigenvalue weighted by Crippen LogP contribution is 2.19. The smallest absolute Gasteiger partial charge is 0.375 e. The number of benzene rings is 1. The Bertz CT molecular complexity index is 601. The maximum Gasteiger partial charge on any atom is 0.375 e. The zero-order valence-electron chi connectivity index (χ0n) is 11.7. The van der Waals surface area contributed by atoms with Gasteiger partial charge in [-0.1, -0.05) is 0 Å². The fraction of sp³-hybridized carbons (Fsp3) is 0.286. The SMILES string of the molecule is CC(C)(C)OOC(=O)c1ccc(-n2cccn2)cc1N. The van der Waals surface area contributed by atoms with Crippen LogP contribution in [0.2, 0.25) is 0 Å². The number of hydrogen-bond donors (Lipinski definition) is 1. The normalized spacial score (nSPS) is 11.3. The molecule has 1 aromatic heterocycles. The van der Waals surface area contributed by atoms with Gasteiger partial charge in [0.25, 0.3) is 0 Å². The largest absolute Gasteiger partial charge is 0.398 e. The van der Waals surface area contributed by atoms with E-state index in [4.69, 9.17) is 15.5 Å². The maximum absolute atomic E-state index is 11.9. The Kier molecular flexibility index (Phi) is 3.76. The molecule has 0 radical (unpaired) electrons. The van der Waals surface area contributed by atoms with Crippen molar-refractivity contribution >= 4 is 11.7 Å². The Labute approximate surface area is 117 Å². The van der Waals surface area contributed by atoms with E-state index in [1.54, 1.807) is 62.1 Å². The molecule has 6 heteroatoms. The van der Waals surface area contributed by atoms with Crippen molar-refractivity contribution in [2.75, 3.05) is 5.73 Å². The summed E-state index contributed by atoms with van der Waals surface area (Å²) in [7, 11) is 0. The number of carbonyl (C=O) groups is 1. The minimum absolute atomic E-state index is 0.255. The van der Waals surface area contributed by atoms with E-state index in [1.807, 2.05) is 0 Å². The lowest BCUT2D eigenvalue weighted by atomic mass is 10.1. The van der Waals surface area contributed by atoms with Gasteiger partial charge in [-0.25, -0.2) is 9.48 Å². The van der Waals surface area contributed by atoms with Crippen molar-refractivity contribution in [1.82, 2.24) is 9.78 Å². The van der Waals surface area contributed by atoms with Crippen LogP contribution < -0.4 is 5.73 Å². The van der Waals surface area contributed by atoms with Gasteiger partial charge in [-0.3, -0.25) is 4.89 Å².